The highest BCUT2D eigenvalue weighted by atomic mass is 79.9. The summed E-state index contributed by atoms with van der Waals surface area (Å²) in [7, 11) is 0. The summed E-state index contributed by atoms with van der Waals surface area (Å²) >= 11 is 6.83. The maximum absolute atomic E-state index is 11.7. The second-order valence-corrected chi connectivity index (χ2v) is 9.75. The molecule has 0 atom stereocenters. The van der Waals surface area contributed by atoms with E-state index in [9.17, 15) is 28.8 Å². The van der Waals surface area contributed by atoms with Crippen LogP contribution in [0.3, 0.4) is 0 Å². The highest BCUT2D eigenvalue weighted by Crippen LogP contribution is 2.38. The maximum Gasteiger partial charge on any atom is 0.346 e. The van der Waals surface area contributed by atoms with E-state index in [1.165, 1.54) is 24.3 Å². The molecule has 37 heavy (non-hydrogen) atoms. The molecule has 0 bridgehead atoms. The molecule has 0 saturated heterocycles. The van der Waals surface area contributed by atoms with Gasteiger partial charge in [-0.15, -0.1) is 0 Å². The second-order valence-electron chi connectivity index (χ2n) is 8.04. The molecule has 0 aromatic heterocycles. The van der Waals surface area contributed by atoms with Gasteiger partial charge in [-0.1, -0.05) is 31.9 Å². The molecule has 11 heteroatoms. The molecule has 4 aromatic carbocycles. The summed E-state index contributed by atoms with van der Waals surface area (Å²) in [5, 5.41) is 1.98. The van der Waals surface area contributed by atoms with Gasteiger partial charge in [0.1, 0.15) is 0 Å². The van der Waals surface area contributed by atoms with Gasteiger partial charge in [0.25, 0.3) is 0 Å². The van der Waals surface area contributed by atoms with E-state index in [1.54, 1.807) is 24.3 Å². The Bertz CT molecular complexity index is 1640. The standard InChI is InChI=1S/C14H4O6.C12H4Br2O3/c15-11-5-1-2-6-10-8(14(18)20-12(6)16)4-3-7(9(5)10)13(17)19-11;13-7-3-1-5-9-6(12(16)17-11(5)15)2-4-8(14)10(7)9/h1-4H;1-4H. The SMILES string of the molecule is O=C1OC(=O)c2ccc(Br)c3c(Br)ccc1c23.O=C1OC(=O)c2ccc3c4c(ccc1c24)C(=O)OC3=O. The van der Waals surface area contributed by atoms with Crippen LogP contribution in [0.1, 0.15) is 62.1 Å². The van der Waals surface area contributed by atoms with Crippen LogP contribution >= 0.6 is 31.9 Å². The average Bonchev–Trinajstić information content (AvgIpc) is 2.86. The minimum Gasteiger partial charge on any atom is -0.386 e. The first-order valence-electron chi connectivity index (χ1n) is 10.5. The average molecular weight is 624 g/mol. The summed E-state index contributed by atoms with van der Waals surface area (Å²) in [4.78, 5) is 70.2. The Labute approximate surface area is 222 Å². The summed E-state index contributed by atoms with van der Waals surface area (Å²) in [5.74, 6) is -4.37. The summed E-state index contributed by atoms with van der Waals surface area (Å²) in [6, 6.07) is 12.4. The maximum atomic E-state index is 11.7. The van der Waals surface area contributed by atoms with Crippen LogP contribution in [0, 0.1) is 0 Å². The fourth-order valence-electron chi connectivity index (χ4n) is 4.51. The third-order valence-electron chi connectivity index (χ3n) is 6.10. The van der Waals surface area contributed by atoms with Crippen LogP contribution in [0.5, 0.6) is 0 Å². The minimum absolute atomic E-state index is 0.155. The smallest absolute Gasteiger partial charge is 0.346 e. The molecule has 0 spiro atoms. The van der Waals surface area contributed by atoms with Crippen LogP contribution < -0.4 is 0 Å². The fraction of sp³-hybridized carbons (Fsp3) is 0. The third-order valence-corrected chi connectivity index (χ3v) is 7.42. The predicted octanol–water partition coefficient (Wildman–Crippen LogP) is 5.14. The Morgan fingerprint density at radius 1 is 0.351 bits per heavy atom. The number of ether oxygens (including phenoxy) is 3. The van der Waals surface area contributed by atoms with Crippen molar-refractivity contribution in [2.75, 3.05) is 0 Å². The molecule has 0 fully saturated rings. The monoisotopic (exact) mass is 622 g/mol. The van der Waals surface area contributed by atoms with Gasteiger partial charge in [0.05, 0.1) is 33.4 Å². The van der Waals surface area contributed by atoms with Gasteiger partial charge < -0.3 is 14.2 Å². The topological polar surface area (TPSA) is 130 Å². The number of hydrogen-bond donors (Lipinski definition) is 0. The molecule has 4 aromatic rings. The number of rotatable bonds is 0. The zero-order valence-electron chi connectivity index (χ0n) is 18.0. The van der Waals surface area contributed by atoms with Crippen LogP contribution in [0.15, 0.2) is 57.5 Å². The van der Waals surface area contributed by atoms with Gasteiger partial charge in [-0.2, -0.15) is 0 Å². The summed E-state index contributed by atoms with van der Waals surface area (Å²) in [6.45, 7) is 0. The second kappa shape index (κ2) is 8.15. The number of cyclic esters (lactones) is 6. The first-order valence-corrected chi connectivity index (χ1v) is 12.1. The Balaban J connectivity index is 0.000000138. The van der Waals surface area contributed by atoms with Crippen molar-refractivity contribution in [3.05, 3.63) is 90.9 Å². The quantitative estimate of drug-likeness (QED) is 0.148. The van der Waals surface area contributed by atoms with Crippen molar-refractivity contribution in [1.29, 1.82) is 0 Å². The lowest BCUT2D eigenvalue weighted by Crippen LogP contribution is -2.25. The van der Waals surface area contributed by atoms with Gasteiger partial charge >= 0.3 is 35.8 Å². The largest absolute Gasteiger partial charge is 0.386 e. The van der Waals surface area contributed by atoms with Crippen LogP contribution in [0.25, 0.3) is 21.5 Å². The summed E-state index contributed by atoms with van der Waals surface area (Å²) < 4.78 is 15.5. The lowest BCUT2D eigenvalue weighted by atomic mass is 9.89. The molecule has 0 radical (unpaired) electrons. The van der Waals surface area contributed by atoms with E-state index >= 15 is 0 Å². The first kappa shape index (κ1) is 23.2. The molecule has 3 aliphatic heterocycles. The van der Waals surface area contributed by atoms with Gasteiger partial charge in [-0.25, -0.2) is 28.8 Å². The van der Waals surface area contributed by atoms with Crippen molar-refractivity contribution in [3.63, 3.8) is 0 Å². The lowest BCUT2D eigenvalue weighted by molar-refractivity contribution is 0.0366. The first-order chi connectivity index (χ1) is 17.7. The van der Waals surface area contributed by atoms with Crippen molar-refractivity contribution in [1.82, 2.24) is 0 Å². The molecular weight excluding hydrogens is 616 g/mol. The van der Waals surface area contributed by atoms with Gasteiger partial charge in [0, 0.05) is 30.5 Å². The Kier molecular flexibility index (Phi) is 5.11. The predicted molar refractivity (Wildman–Crippen MR) is 133 cm³/mol. The molecule has 7 rings (SSSR count). The minimum atomic E-state index is -0.794. The van der Waals surface area contributed by atoms with Gasteiger partial charge in [0.2, 0.25) is 0 Å². The van der Waals surface area contributed by atoms with Gasteiger partial charge in [-0.3, -0.25) is 0 Å². The zero-order valence-corrected chi connectivity index (χ0v) is 21.2. The van der Waals surface area contributed by atoms with Crippen LogP contribution in [-0.2, 0) is 14.2 Å². The molecule has 0 amide bonds. The molecule has 0 saturated carbocycles. The number of carbonyl (C=O) groups excluding carboxylic acids is 6. The normalized spacial score (nSPS) is 15.2. The molecule has 180 valence electrons. The van der Waals surface area contributed by atoms with Gasteiger partial charge in [0.15, 0.2) is 0 Å². The van der Waals surface area contributed by atoms with E-state index in [-0.39, 0.29) is 33.0 Å². The number of esters is 6. The number of carbonyl (C=O) groups is 6. The van der Waals surface area contributed by atoms with Crippen molar-refractivity contribution >= 4 is 89.2 Å². The highest BCUT2D eigenvalue weighted by molar-refractivity contribution is 9.11. The van der Waals surface area contributed by atoms with Crippen LogP contribution in [0.2, 0.25) is 0 Å². The molecule has 3 aliphatic rings. The van der Waals surface area contributed by atoms with E-state index in [1.807, 2.05) is 0 Å². The van der Waals surface area contributed by atoms with Crippen molar-refractivity contribution in [3.8, 4) is 0 Å². The third kappa shape index (κ3) is 3.35. The van der Waals surface area contributed by atoms with Crippen LogP contribution in [0.4, 0.5) is 0 Å². The summed E-state index contributed by atoms with van der Waals surface area (Å²) in [5.41, 5.74) is 1.45. The Morgan fingerprint density at radius 2 is 0.568 bits per heavy atom. The Morgan fingerprint density at radius 3 is 0.838 bits per heavy atom. The number of benzene rings is 4. The highest BCUT2D eigenvalue weighted by Gasteiger charge is 2.35. The summed E-state index contributed by atoms with van der Waals surface area (Å²) in [6.07, 6.45) is 0. The van der Waals surface area contributed by atoms with Crippen LogP contribution in [-0.4, -0.2) is 35.8 Å². The number of hydrogen-bond acceptors (Lipinski definition) is 9. The van der Waals surface area contributed by atoms with E-state index in [0.717, 1.165) is 14.3 Å². The molecule has 0 N–H and O–H groups in total. The Hall–Kier alpha value is -4.22. The molecule has 0 aliphatic carbocycles. The number of halogens is 2. The van der Waals surface area contributed by atoms with Gasteiger partial charge in [-0.05, 0) is 48.5 Å². The van der Waals surface area contributed by atoms with E-state index in [4.69, 9.17) is 0 Å². The molecule has 3 heterocycles. The van der Waals surface area contributed by atoms with Crippen molar-refractivity contribution < 1.29 is 43.0 Å². The van der Waals surface area contributed by atoms with E-state index < -0.39 is 35.8 Å². The van der Waals surface area contributed by atoms with Crippen molar-refractivity contribution in [2.24, 2.45) is 0 Å². The molecule has 0 unspecified atom stereocenters. The van der Waals surface area contributed by atoms with E-state index in [2.05, 4.69) is 46.1 Å². The van der Waals surface area contributed by atoms with Crippen molar-refractivity contribution in [2.45, 2.75) is 0 Å². The molecule has 9 nitrogen and oxygen atoms in total. The fourth-order valence-corrected chi connectivity index (χ4v) is 5.87. The lowest BCUT2D eigenvalue weighted by Gasteiger charge is -2.21. The zero-order chi connectivity index (χ0) is 26.2. The van der Waals surface area contributed by atoms with E-state index in [0.29, 0.717) is 16.5 Å². The molecular formula is C26H8Br2O9.